The highest BCUT2D eigenvalue weighted by Gasteiger charge is 2.18. The first-order valence-corrected chi connectivity index (χ1v) is 8.13. The third-order valence-corrected chi connectivity index (χ3v) is 4.55. The van der Waals surface area contributed by atoms with Gasteiger partial charge in [0.2, 0.25) is 0 Å². The van der Waals surface area contributed by atoms with Crippen LogP contribution in [0.1, 0.15) is 11.1 Å². The molecule has 1 aliphatic rings. The zero-order chi connectivity index (χ0) is 15.5. The van der Waals surface area contributed by atoms with Crippen LogP contribution in [0.3, 0.4) is 0 Å². The number of hydrogen-bond acceptors (Lipinski definition) is 4. The summed E-state index contributed by atoms with van der Waals surface area (Å²) in [7, 11) is 0. The van der Waals surface area contributed by atoms with Gasteiger partial charge in [-0.25, -0.2) is 0 Å². The molecule has 1 aromatic carbocycles. The van der Waals surface area contributed by atoms with E-state index in [1.54, 1.807) is 0 Å². The Morgan fingerprint density at radius 1 is 0.913 bits per heavy atom. The zero-order valence-electron chi connectivity index (χ0n) is 13.2. The van der Waals surface area contributed by atoms with Crippen LogP contribution in [-0.4, -0.2) is 51.2 Å². The zero-order valence-corrected chi connectivity index (χ0v) is 13.2. The third-order valence-electron chi connectivity index (χ3n) is 4.55. The number of hydrogen-bond donors (Lipinski definition) is 1. The van der Waals surface area contributed by atoms with Gasteiger partial charge in [-0.1, -0.05) is 24.3 Å². The molecule has 23 heavy (non-hydrogen) atoms. The Morgan fingerprint density at radius 3 is 2.52 bits per heavy atom. The van der Waals surface area contributed by atoms with Crippen LogP contribution in [0.5, 0.6) is 0 Å². The third kappa shape index (κ3) is 3.25. The first kappa shape index (κ1) is 14.4. The Labute approximate surface area is 135 Å². The fourth-order valence-electron chi connectivity index (χ4n) is 3.26. The second-order valence-corrected chi connectivity index (χ2v) is 6.16. The normalized spacial score (nSPS) is 16.9. The minimum Gasteiger partial charge on any atom is -0.296 e. The highest BCUT2D eigenvalue weighted by Crippen LogP contribution is 2.18. The molecule has 0 atom stereocenters. The molecular weight excluding hydrogens is 286 g/mol. The fraction of sp³-hybridized carbons (Fsp3) is 0.333. The lowest BCUT2D eigenvalue weighted by Gasteiger charge is -2.34. The van der Waals surface area contributed by atoms with Crippen molar-refractivity contribution in [2.75, 3.05) is 26.2 Å². The quantitative estimate of drug-likeness (QED) is 0.803. The molecular formula is C18H21N5. The number of fused-ring (bicyclic) bond motifs is 1. The number of nitrogens with one attached hydrogen (secondary N) is 1. The van der Waals surface area contributed by atoms with Gasteiger partial charge in [0.05, 0.1) is 11.7 Å². The van der Waals surface area contributed by atoms with Gasteiger partial charge >= 0.3 is 0 Å². The van der Waals surface area contributed by atoms with Gasteiger partial charge in [-0.3, -0.25) is 19.9 Å². The van der Waals surface area contributed by atoms with Crippen molar-refractivity contribution in [3.8, 4) is 0 Å². The Balaban J connectivity index is 1.36. The standard InChI is InChI=1S/C18H21N5/c1-4-16-12-20-21-18(16)17(5-1)14-23-9-7-22(8-10-23)13-15-3-2-6-19-11-15/h1-6,11-12H,7-10,13-14H2,(H,20,21). The molecule has 5 heteroatoms. The Bertz CT molecular complexity index is 759. The van der Waals surface area contributed by atoms with Crippen LogP contribution in [0.25, 0.3) is 10.9 Å². The number of rotatable bonds is 4. The molecule has 1 aliphatic heterocycles. The van der Waals surface area contributed by atoms with Crippen LogP contribution < -0.4 is 0 Å². The van der Waals surface area contributed by atoms with Gasteiger partial charge in [-0.15, -0.1) is 0 Å². The average molecular weight is 307 g/mol. The summed E-state index contributed by atoms with van der Waals surface area (Å²) in [6.07, 6.45) is 5.69. The van der Waals surface area contributed by atoms with E-state index in [9.17, 15) is 0 Å². The van der Waals surface area contributed by atoms with Crippen molar-refractivity contribution in [1.29, 1.82) is 0 Å². The summed E-state index contributed by atoms with van der Waals surface area (Å²) in [5.74, 6) is 0. The van der Waals surface area contributed by atoms with E-state index >= 15 is 0 Å². The van der Waals surface area contributed by atoms with Crippen LogP contribution in [0.15, 0.2) is 48.9 Å². The van der Waals surface area contributed by atoms with E-state index in [0.29, 0.717) is 0 Å². The van der Waals surface area contributed by atoms with Crippen molar-refractivity contribution >= 4 is 10.9 Å². The van der Waals surface area contributed by atoms with Crippen LogP contribution >= 0.6 is 0 Å². The topological polar surface area (TPSA) is 48.1 Å². The number of pyridine rings is 1. The summed E-state index contributed by atoms with van der Waals surface area (Å²) in [5, 5.41) is 8.47. The molecule has 118 valence electrons. The summed E-state index contributed by atoms with van der Waals surface area (Å²) >= 11 is 0. The van der Waals surface area contributed by atoms with E-state index in [0.717, 1.165) is 39.3 Å². The Morgan fingerprint density at radius 2 is 1.74 bits per heavy atom. The highest BCUT2D eigenvalue weighted by molar-refractivity contribution is 5.81. The second kappa shape index (κ2) is 6.48. The lowest BCUT2D eigenvalue weighted by Crippen LogP contribution is -2.45. The molecule has 2 aromatic heterocycles. The Hall–Kier alpha value is -2.24. The van der Waals surface area contributed by atoms with Gasteiger partial charge in [-0.05, 0) is 17.2 Å². The van der Waals surface area contributed by atoms with Crippen molar-refractivity contribution in [3.05, 3.63) is 60.0 Å². The van der Waals surface area contributed by atoms with Gasteiger partial charge in [0.15, 0.2) is 0 Å². The summed E-state index contributed by atoms with van der Waals surface area (Å²) in [6.45, 7) is 6.40. The molecule has 1 fully saturated rings. The molecule has 0 aliphatic carbocycles. The molecule has 0 spiro atoms. The largest absolute Gasteiger partial charge is 0.296 e. The van der Waals surface area contributed by atoms with E-state index in [2.05, 4.69) is 49.2 Å². The number of nitrogens with zero attached hydrogens (tertiary/aromatic N) is 4. The van der Waals surface area contributed by atoms with E-state index in [1.165, 1.54) is 22.0 Å². The smallest absolute Gasteiger partial charge is 0.0695 e. The van der Waals surface area contributed by atoms with Crippen molar-refractivity contribution < 1.29 is 0 Å². The molecule has 1 saturated heterocycles. The second-order valence-electron chi connectivity index (χ2n) is 6.16. The van der Waals surface area contributed by atoms with Crippen LogP contribution in [0, 0.1) is 0 Å². The number of piperazine rings is 1. The molecule has 0 radical (unpaired) electrons. The summed E-state index contributed by atoms with van der Waals surface area (Å²) in [6, 6.07) is 10.6. The predicted molar refractivity (Wildman–Crippen MR) is 90.9 cm³/mol. The number of para-hydroxylation sites is 1. The lowest BCUT2D eigenvalue weighted by molar-refractivity contribution is 0.122. The highest BCUT2D eigenvalue weighted by atomic mass is 15.3. The molecule has 0 amide bonds. The number of H-pyrrole nitrogens is 1. The van der Waals surface area contributed by atoms with E-state index in [4.69, 9.17) is 0 Å². The van der Waals surface area contributed by atoms with Crippen molar-refractivity contribution in [1.82, 2.24) is 25.0 Å². The van der Waals surface area contributed by atoms with Crippen molar-refractivity contribution in [3.63, 3.8) is 0 Å². The minimum absolute atomic E-state index is 0.986. The molecule has 3 heterocycles. The predicted octanol–water partition coefficient (Wildman–Crippen LogP) is 2.28. The molecule has 0 unspecified atom stereocenters. The Kier molecular flexibility index (Phi) is 4.05. The van der Waals surface area contributed by atoms with E-state index in [-0.39, 0.29) is 0 Å². The maximum Gasteiger partial charge on any atom is 0.0695 e. The summed E-state index contributed by atoms with van der Waals surface area (Å²) < 4.78 is 0. The van der Waals surface area contributed by atoms with Gasteiger partial charge in [0.25, 0.3) is 0 Å². The van der Waals surface area contributed by atoms with E-state index < -0.39 is 0 Å². The molecule has 5 nitrogen and oxygen atoms in total. The number of aromatic nitrogens is 3. The summed E-state index contributed by atoms with van der Waals surface area (Å²) in [5.41, 5.74) is 3.80. The monoisotopic (exact) mass is 307 g/mol. The average Bonchev–Trinajstić information content (AvgIpc) is 3.07. The molecule has 0 saturated carbocycles. The van der Waals surface area contributed by atoms with Gasteiger partial charge < -0.3 is 0 Å². The number of benzene rings is 1. The van der Waals surface area contributed by atoms with Crippen LogP contribution in [0.2, 0.25) is 0 Å². The first-order chi connectivity index (χ1) is 11.4. The maximum atomic E-state index is 4.20. The SMILES string of the molecule is c1cncc(CN2CCN(Cc3cccc4cn[nH]c34)CC2)c1. The van der Waals surface area contributed by atoms with Gasteiger partial charge in [-0.2, -0.15) is 5.10 Å². The molecule has 0 bridgehead atoms. The van der Waals surface area contributed by atoms with Crippen molar-refractivity contribution in [2.24, 2.45) is 0 Å². The van der Waals surface area contributed by atoms with Crippen LogP contribution in [-0.2, 0) is 13.1 Å². The molecule has 4 rings (SSSR count). The van der Waals surface area contributed by atoms with Crippen molar-refractivity contribution in [2.45, 2.75) is 13.1 Å². The maximum absolute atomic E-state index is 4.20. The van der Waals surface area contributed by atoms with Gasteiger partial charge in [0.1, 0.15) is 0 Å². The molecule has 3 aromatic rings. The van der Waals surface area contributed by atoms with Crippen LogP contribution in [0.4, 0.5) is 0 Å². The first-order valence-electron chi connectivity index (χ1n) is 8.13. The fourth-order valence-corrected chi connectivity index (χ4v) is 3.26. The summed E-state index contributed by atoms with van der Waals surface area (Å²) in [4.78, 5) is 9.23. The van der Waals surface area contributed by atoms with Gasteiger partial charge in [0, 0.05) is 57.0 Å². The van der Waals surface area contributed by atoms with E-state index in [1.807, 2.05) is 24.7 Å². The number of aromatic amines is 1. The lowest BCUT2D eigenvalue weighted by atomic mass is 10.1. The molecule has 1 N–H and O–H groups in total. The minimum atomic E-state index is 0.986.